The molecule has 0 bridgehead atoms. The third-order valence-corrected chi connectivity index (χ3v) is 5.86. The van der Waals surface area contributed by atoms with E-state index in [0.717, 1.165) is 6.54 Å². The molecule has 0 aromatic heterocycles. The average Bonchev–Trinajstić information content (AvgIpc) is 2.68. The van der Waals surface area contributed by atoms with Crippen LogP contribution in [-0.2, 0) is 0 Å². The summed E-state index contributed by atoms with van der Waals surface area (Å²) in [5.74, 6) is 1.24. The molecule has 0 aromatic rings. The summed E-state index contributed by atoms with van der Waals surface area (Å²) in [4.78, 5) is 2.60. The summed E-state index contributed by atoms with van der Waals surface area (Å²) < 4.78 is 0.441. The zero-order chi connectivity index (χ0) is 12.4. The topological polar surface area (TPSA) is 23.5 Å². The highest BCUT2D eigenvalue weighted by Gasteiger charge is 2.36. The lowest BCUT2D eigenvalue weighted by molar-refractivity contribution is 0.0805. The molecule has 1 saturated heterocycles. The minimum Gasteiger partial charge on any atom is -0.396 e. The van der Waals surface area contributed by atoms with Crippen LogP contribution in [-0.4, -0.2) is 46.7 Å². The lowest BCUT2D eigenvalue weighted by Crippen LogP contribution is -2.40. The minimum atomic E-state index is 0.235. The van der Waals surface area contributed by atoms with Crippen LogP contribution >= 0.6 is 11.8 Å². The maximum atomic E-state index is 9.69. The van der Waals surface area contributed by atoms with Crippen molar-refractivity contribution >= 4 is 11.8 Å². The molecule has 0 radical (unpaired) electrons. The number of thioether (sulfide) groups is 1. The largest absolute Gasteiger partial charge is 0.396 e. The predicted octanol–water partition coefficient (Wildman–Crippen LogP) is 2.76. The fourth-order valence-electron chi connectivity index (χ4n) is 3.19. The predicted molar refractivity (Wildman–Crippen MR) is 75.6 cm³/mol. The zero-order valence-electron chi connectivity index (χ0n) is 11.4. The molecule has 0 spiro atoms. The van der Waals surface area contributed by atoms with Gasteiger partial charge in [-0.25, -0.2) is 0 Å². The number of aliphatic hydroxyl groups excluding tert-OH is 1. The van der Waals surface area contributed by atoms with Gasteiger partial charge in [-0.05, 0) is 25.8 Å². The first-order chi connectivity index (χ1) is 8.05. The highest BCUT2D eigenvalue weighted by Crippen LogP contribution is 2.39. The summed E-state index contributed by atoms with van der Waals surface area (Å²) in [7, 11) is 0. The quantitative estimate of drug-likeness (QED) is 0.841. The van der Waals surface area contributed by atoms with Gasteiger partial charge < -0.3 is 10.0 Å². The SMILES string of the molecule is CC1(C)CCN(CC2(CO)CCCC2)CCS1. The lowest BCUT2D eigenvalue weighted by Gasteiger charge is -2.33. The molecule has 0 atom stereocenters. The Kier molecular flexibility index (Phi) is 4.43. The van der Waals surface area contributed by atoms with Crippen molar-refractivity contribution in [1.29, 1.82) is 0 Å². The fourth-order valence-corrected chi connectivity index (χ4v) is 4.32. The second-order valence-electron chi connectivity index (χ2n) is 6.50. The summed E-state index contributed by atoms with van der Waals surface area (Å²) in [6.45, 7) is 8.65. The third kappa shape index (κ3) is 3.62. The molecule has 2 rings (SSSR count). The van der Waals surface area contributed by atoms with Gasteiger partial charge in [0, 0.05) is 35.6 Å². The standard InChI is InChI=1S/C14H27NOS/c1-13(2)7-8-15(9-10-17-13)11-14(12-16)5-3-4-6-14/h16H,3-12H2,1-2H3. The number of nitrogens with zero attached hydrogens (tertiary/aromatic N) is 1. The molecule has 1 aliphatic carbocycles. The number of hydrogen-bond acceptors (Lipinski definition) is 3. The van der Waals surface area contributed by atoms with Crippen molar-refractivity contribution in [2.75, 3.05) is 32.0 Å². The first kappa shape index (κ1) is 13.7. The number of aliphatic hydroxyl groups is 1. The molecular weight excluding hydrogens is 230 g/mol. The van der Waals surface area contributed by atoms with E-state index in [4.69, 9.17) is 0 Å². The van der Waals surface area contributed by atoms with Crippen LogP contribution in [0.25, 0.3) is 0 Å². The Morgan fingerprint density at radius 1 is 1.12 bits per heavy atom. The highest BCUT2D eigenvalue weighted by atomic mass is 32.2. The van der Waals surface area contributed by atoms with E-state index in [1.807, 2.05) is 0 Å². The molecule has 1 heterocycles. The summed E-state index contributed by atoms with van der Waals surface area (Å²) in [6.07, 6.45) is 6.37. The van der Waals surface area contributed by atoms with Crippen molar-refractivity contribution in [1.82, 2.24) is 4.90 Å². The summed E-state index contributed by atoms with van der Waals surface area (Å²) >= 11 is 2.11. The van der Waals surface area contributed by atoms with E-state index in [1.165, 1.54) is 50.9 Å². The molecule has 2 fully saturated rings. The molecular formula is C14H27NOS. The summed E-state index contributed by atoms with van der Waals surface area (Å²) in [6, 6.07) is 0. The Hall–Kier alpha value is 0.270. The van der Waals surface area contributed by atoms with E-state index in [-0.39, 0.29) is 5.41 Å². The fraction of sp³-hybridized carbons (Fsp3) is 1.00. The van der Waals surface area contributed by atoms with E-state index in [1.54, 1.807) is 0 Å². The van der Waals surface area contributed by atoms with Crippen LogP contribution < -0.4 is 0 Å². The molecule has 100 valence electrons. The van der Waals surface area contributed by atoms with Gasteiger partial charge in [0.05, 0.1) is 0 Å². The lowest BCUT2D eigenvalue weighted by atomic mass is 9.86. The first-order valence-corrected chi connectivity index (χ1v) is 8.01. The van der Waals surface area contributed by atoms with Gasteiger partial charge in [0.15, 0.2) is 0 Å². The van der Waals surface area contributed by atoms with Crippen molar-refractivity contribution < 1.29 is 5.11 Å². The smallest absolute Gasteiger partial charge is 0.0499 e. The summed E-state index contributed by atoms with van der Waals surface area (Å²) in [5.41, 5.74) is 0.235. The molecule has 1 N–H and O–H groups in total. The number of hydrogen-bond donors (Lipinski definition) is 1. The van der Waals surface area contributed by atoms with Gasteiger partial charge >= 0.3 is 0 Å². The maximum Gasteiger partial charge on any atom is 0.0499 e. The van der Waals surface area contributed by atoms with Gasteiger partial charge in [0.1, 0.15) is 0 Å². The highest BCUT2D eigenvalue weighted by molar-refractivity contribution is 8.00. The molecule has 2 aliphatic rings. The molecule has 0 amide bonds. The Bertz CT molecular complexity index is 249. The Morgan fingerprint density at radius 2 is 1.82 bits per heavy atom. The van der Waals surface area contributed by atoms with Crippen LogP contribution in [0.4, 0.5) is 0 Å². The van der Waals surface area contributed by atoms with E-state index >= 15 is 0 Å². The van der Waals surface area contributed by atoms with Crippen molar-refractivity contribution in [3.63, 3.8) is 0 Å². The monoisotopic (exact) mass is 257 g/mol. The molecule has 1 aliphatic heterocycles. The van der Waals surface area contributed by atoms with Crippen LogP contribution in [0.2, 0.25) is 0 Å². The van der Waals surface area contributed by atoms with Crippen molar-refractivity contribution in [3.8, 4) is 0 Å². The van der Waals surface area contributed by atoms with Crippen LogP contribution in [0.1, 0.15) is 46.0 Å². The maximum absolute atomic E-state index is 9.69. The Balaban J connectivity index is 1.90. The van der Waals surface area contributed by atoms with E-state index in [9.17, 15) is 5.11 Å². The molecule has 17 heavy (non-hydrogen) atoms. The van der Waals surface area contributed by atoms with E-state index in [2.05, 4.69) is 30.5 Å². The average molecular weight is 257 g/mol. The van der Waals surface area contributed by atoms with Gasteiger partial charge in [-0.2, -0.15) is 11.8 Å². The van der Waals surface area contributed by atoms with Gasteiger partial charge in [-0.1, -0.05) is 26.7 Å². The Labute approximate surface area is 110 Å². The van der Waals surface area contributed by atoms with Gasteiger partial charge in [-0.15, -0.1) is 0 Å². The second-order valence-corrected chi connectivity index (χ2v) is 8.30. The van der Waals surface area contributed by atoms with Gasteiger partial charge in [0.25, 0.3) is 0 Å². The third-order valence-electron chi connectivity index (χ3n) is 4.49. The van der Waals surface area contributed by atoms with Crippen molar-refractivity contribution in [3.05, 3.63) is 0 Å². The second kappa shape index (κ2) is 5.50. The number of rotatable bonds is 3. The van der Waals surface area contributed by atoms with Crippen molar-refractivity contribution in [2.24, 2.45) is 5.41 Å². The molecule has 0 unspecified atom stereocenters. The Morgan fingerprint density at radius 3 is 2.47 bits per heavy atom. The normalized spacial score (nSPS) is 29.1. The van der Waals surface area contributed by atoms with E-state index < -0.39 is 0 Å². The summed E-state index contributed by atoms with van der Waals surface area (Å²) in [5, 5.41) is 9.69. The molecule has 3 heteroatoms. The van der Waals surface area contributed by atoms with Gasteiger partial charge in [0.2, 0.25) is 0 Å². The van der Waals surface area contributed by atoms with Crippen LogP contribution in [0.3, 0.4) is 0 Å². The van der Waals surface area contributed by atoms with Gasteiger partial charge in [-0.3, -0.25) is 0 Å². The molecule has 2 nitrogen and oxygen atoms in total. The molecule has 0 aromatic carbocycles. The van der Waals surface area contributed by atoms with Crippen LogP contribution in [0.15, 0.2) is 0 Å². The molecule has 1 saturated carbocycles. The van der Waals surface area contributed by atoms with Crippen LogP contribution in [0, 0.1) is 5.41 Å². The van der Waals surface area contributed by atoms with Crippen molar-refractivity contribution in [2.45, 2.75) is 50.7 Å². The minimum absolute atomic E-state index is 0.235. The van der Waals surface area contributed by atoms with Crippen LogP contribution in [0.5, 0.6) is 0 Å². The zero-order valence-corrected chi connectivity index (χ0v) is 12.2. The first-order valence-electron chi connectivity index (χ1n) is 7.03. The van der Waals surface area contributed by atoms with E-state index in [0.29, 0.717) is 11.4 Å².